The van der Waals surface area contributed by atoms with Crippen LogP contribution >= 0.6 is 23.1 Å². The molecule has 0 radical (unpaired) electrons. The summed E-state index contributed by atoms with van der Waals surface area (Å²) >= 11 is 2.86. The van der Waals surface area contributed by atoms with Crippen LogP contribution in [0.5, 0.6) is 0 Å². The third kappa shape index (κ3) is 3.75. The minimum atomic E-state index is -0.287. The van der Waals surface area contributed by atoms with Crippen LogP contribution in [0.25, 0.3) is 10.2 Å². The Labute approximate surface area is 154 Å². The number of aromatic nitrogens is 2. The van der Waals surface area contributed by atoms with Crippen LogP contribution in [-0.4, -0.2) is 40.6 Å². The molecule has 1 atom stereocenters. The zero-order valence-electron chi connectivity index (χ0n) is 14.7. The summed E-state index contributed by atoms with van der Waals surface area (Å²) in [6, 6.07) is 0. The van der Waals surface area contributed by atoms with Crippen molar-refractivity contribution in [3.05, 3.63) is 20.8 Å². The summed E-state index contributed by atoms with van der Waals surface area (Å²) in [5.41, 5.74) is 0.963. The number of hydrogen-bond acceptors (Lipinski definition) is 7. The number of nitrogens with zero attached hydrogens (tertiary/aromatic N) is 2. The van der Waals surface area contributed by atoms with Crippen LogP contribution in [0.1, 0.15) is 30.2 Å². The number of carbonyl (C=O) groups excluding carboxylic acids is 1. The highest BCUT2D eigenvalue weighted by Crippen LogP contribution is 2.32. The first-order valence-corrected chi connectivity index (χ1v) is 10.1. The summed E-state index contributed by atoms with van der Waals surface area (Å²) in [6.45, 7) is 8.13. The smallest absolute Gasteiger partial charge is 0.319 e. The van der Waals surface area contributed by atoms with Crippen molar-refractivity contribution in [3.8, 4) is 0 Å². The topological polar surface area (TPSA) is 70.4 Å². The summed E-state index contributed by atoms with van der Waals surface area (Å²) in [6.07, 6.45) is 1.38. The summed E-state index contributed by atoms with van der Waals surface area (Å²) in [4.78, 5) is 31.4. The number of aryl methyl sites for hydroxylation is 2. The van der Waals surface area contributed by atoms with E-state index in [0.29, 0.717) is 43.3 Å². The third-order valence-electron chi connectivity index (χ3n) is 4.26. The van der Waals surface area contributed by atoms with Crippen molar-refractivity contribution in [2.75, 3.05) is 19.8 Å². The van der Waals surface area contributed by atoms with Crippen molar-refractivity contribution < 1.29 is 14.3 Å². The number of carbonyl (C=O) groups is 1. The normalized spacial score (nSPS) is 17.4. The average Bonchev–Trinajstić information content (AvgIpc) is 3.10. The molecule has 0 aromatic carbocycles. The van der Waals surface area contributed by atoms with Gasteiger partial charge < -0.3 is 9.47 Å². The Hall–Kier alpha value is -1.38. The van der Waals surface area contributed by atoms with Gasteiger partial charge in [-0.1, -0.05) is 11.8 Å². The molecule has 2 aromatic rings. The predicted molar refractivity (Wildman–Crippen MR) is 99.7 cm³/mol. The minimum Gasteiger partial charge on any atom is -0.465 e. The highest BCUT2D eigenvalue weighted by molar-refractivity contribution is 8.00. The molecule has 6 nitrogen and oxygen atoms in total. The second-order valence-electron chi connectivity index (χ2n) is 5.93. The molecule has 0 amide bonds. The molecular weight excluding hydrogens is 360 g/mol. The highest BCUT2D eigenvalue weighted by Gasteiger charge is 2.30. The van der Waals surface area contributed by atoms with E-state index < -0.39 is 0 Å². The Morgan fingerprint density at radius 3 is 2.88 bits per heavy atom. The molecule has 1 saturated heterocycles. The molecular formula is C17H22N2O4S2. The van der Waals surface area contributed by atoms with E-state index in [-0.39, 0.29) is 16.8 Å². The first-order chi connectivity index (χ1) is 12.0. The molecule has 2 aromatic heterocycles. The molecule has 0 N–H and O–H groups in total. The zero-order chi connectivity index (χ0) is 18.0. The molecule has 3 heterocycles. The van der Waals surface area contributed by atoms with E-state index in [1.165, 1.54) is 23.1 Å². The molecule has 1 unspecified atom stereocenters. The molecule has 0 bridgehead atoms. The van der Waals surface area contributed by atoms with Crippen LogP contribution in [0, 0.1) is 13.8 Å². The Balaban J connectivity index is 1.99. The number of hydrogen-bond donors (Lipinski definition) is 0. The van der Waals surface area contributed by atoms with Crippen LogP contribution in [0.4, 0.5) is 0 Å². The van der Waals surface area contributed by atoms with Crippen LogP contribution in [-0.2, 0) is 20.8 Å². The predicted octanol–water partition coefficient (Wildman–Crippen LogP) is 2.91. The van der Waals surface area contributed by atoms with Gasteiger partial charge in [-0.05, 0) is 32.8 Å². The van der Waals surface area contributed by atoms with Crippen molar-refractivity contribution in [3.63, 3.8) is 0 Å². The quantitative estimate of drug-likeness (QED) is 0.417. The van der Waals surface area contributed by atoms with Gasteiger partial charge in [0, 0.05) is 31.1 Å². The van der Waals surface area contributed by atoms with E-state index in [1.807, 2.05) is 20.8 Å². The Kier molecular flexibility index (Phi) is 5.81. The standard InChI is InChI=1S/C17H22N2O4S2/c1-4-22-8-5-7-19-15(20)13-10(2)11(3)24-14(13)18-17(19)25-12-6-9-23-16(12)21/h12H,4-9H2,1-3H3. The fourth-order valence-electron chi connectivity index (χ4n) is 2.78. The van der Waals surface area contributed by atoms with E-state index in [9.17, 15) is 9.59 Å². The third-order valence-corrected chi connectivity index (χ3v) is 6.60. The molecule has 136 valence electrons. The number of rotatable bonds is 7. The van der Waals surface area contributed by atoms with Gasteiger partial charge in [-0.25, -0.2) is 4.98 Å². The molecule has 1 aliphatic heterocycles. The molecule has 8 heteroatoms. The van der Waals surface area contributed by atoms with Gasteiger partial charge in [-0.15, -0.1) is 11.3 Å². The van der Waals surface area contributed by atoms with Crippen LogP contribution < -0.4 is 5.56 Å². The summed E-state index contributed by atoms with van der Waals surface area (Å²) in [7, 11) is 0. The largest absolute Gasteiger partial charge is 0.465 e. The number of cyclic esters (lactones) is 1. The number of thiophene rings is 1. The summed E-state index contributed by atoms with van der Waals surface area (Å²) in [5, 5.41) is 1.00. The molecule has 0 aliphatic carbocycles. The highest BCUT2D eigenvalue weighted by atomic mass is 32.2. The lowest BCUT2D eigenvalue weighted by molar-refractivity contribution is -0.137. The van der Waals surface area contributed by atoms with E-state index in [4.69, 9.17) is 14.5 Å². The van der Waals surface area contributed by atoms with Crippen molar-refractivity contribution in [1.29, 1.82) is 0 Å². The number of ether oxygens (including phenoxy) is 2. The van der Waals surface area contributed by atoms with Gasteiger partial charge in [-0.2, -0.15) is 0 Å². The number of thioether (sulfide) groups is 1. The maximum absolute atomic E-state index is 13.1. The van der Waals surface area contributed by atoms with Crippen molar-refractivity contribution in [2.24, 2.45) is 0 Å². The Morgan fingerprint density at radius 1 is 1.40 bits per heavy atom. The van der Waals surface area contributed by atoms with Crippen molar-refractivity contribution in [1.82, 2.24) is 9.55 Å². The minimum absolute atomic E-state index is 0.0304. The van der Waals surface area contributed by atoms with Gasteiger partial charge in [0.15, 0.2) is 5.16 Å². The van der Waals surface area contributed by atoms with E-state index in [2.05, 4.69) is 0 Å². The fourth-order valence-corrected chi connectivity index (χ4v) is 4.93. The van der Waals surface area contributed by atoms with E-state index in [1.54, 1.807) is 4.57 Å². The number of esters is 1. The van der Waals surface area contributed by atoms with E-state index >= 15 is 0 Å². The van der Waals surface area contributed by atoms with Crippen LogP contribution in [0.3, 0.4) is 0 Å². The zero-order valence-corrected chi connectivity index (χ0v) is 16.3. The SMILES string of the molecule is CCOCCCn1c(SC2CCOC2=O)nc2sc(C)c(C)c2c1=O. The van der Waals surface area contributed by atoms with Gasteiger partial charge in [0.05, 0.1) is 12.0 Å². The molecule has 1 fully saturated rings. The van der Waals surface area contributed by atoms with Crippen LogP contribution in [0.15, 0.2) is 9.95 Å². The lowest BCUT2D eigenvalue weighted by Crippen LogP contribution is -2.25. The maximum atomic E-state index is 13.1. The second kappa shape index (κ2) is 7.88. The fraction of sp³-hybridized carbons (Fsp3) is 0.588. The van der Waals surface area contributed by atoms with Gasteiger partial charge in [0.2, 0.25) is 0 Å². The average molecular weight is 383 g/mol. The first-order valence-electron chi connectivity index (χ1n) is 8.44. The number of fused-ring (bicyclic) bond motifs is 1. The molecule has 3 rings (SSSR count). The Bertz CT molecular complexity index is 843. The molecule has 25 heavy (non-hydrogen) atoms. The lowest BCUT2D eigenvalue weighted by Gasteiger charge is -2.13. The second-order valence-corrected chi connectivity index (χ2v) is 8.30. The van der Waals surface area contributed by atoms with E-state index in [0.717, 1.165) is 21.7 Å². The van der Waals surface area contributed by atoms with Gasteiger partial charge in [-0.3, -0.25) is 14.2 Å². The summed E-state index contributed by atoms with van der Waals surface area (Å²) in [5.74, 6) is -0.223. The van der Waals surface area contributed by atoms with Gasteiger partial charge in [0.25, 0.3) is 5.56 Å². The van der Waals surface area contributed by atoms with Crippen molar-refractivity contribution in [2.45, 2.75) is 50.6 Å². The Morgan fingerprint density at radius 2 is 2.20 bits per heavy atom. The first kappa shape index (κ1) is 18.4. The van der Waals surface area contributed by atoms with Crippen LogP contribution in [0.2, 0.25) is 0 Å². The summed E-state index contributed by atoms with van der Waals surface area (Å²) < 4.78 is 12.1. The van der Waals surface area contributed by atoms with Crippen molar-refractivity contribution >= 4 is 39.3 Å². The lowest BCUT2D eigenvalue weighted by atomic mass is 10.2. The molecule has 1 aliphatic rings. The van der Waals surface area contributed by atoms with Gasteiger partial charge in [0.1, 0.15) is 10.1 Å². The molecule has 0 saturated carbocycles. The molecule has 0 spiro atoms. The maximum Gasteiger partial charge on any atom is 0.319 e. The van der Waals surface area contributed by atoms with Gasteiger partial charge >= 0.3 is 5.97 Å². The monoisotopic (exact) mass is 382 g/mol.